The zero-order valence-electron chi connectivity index (χ0n) is 11.9. The van der Waals surface area contributed by atoms with Gasteiger partial charge in [0.2, 0.25) is 0 Å². The highest BCUT2D eigenvalue weighted by molar-refractivity contribution is 5.60. The summed E-state index contributed by atoms with van der Waals surface area (Å²) in [5.41, 5.74) is 3.96. The van der Waals surface area contributed by atoms with Gasteiger partial charge in [0.1, 0.15) is 0 Å². The number of benzene rings is 1. The quantitative estimate of drug-likeness (QED) is 0.686. The van der Waals surface area contributed by atoms with E-state index >= 15 is 0 Å². The Morgan fingerprint density at radius 3 is 2.43 bits per heavy atom. The minimum absolute atomic E-state index is 0.0910. The van der Waals surface area contributed by atoms with Gasteiger partial charge >= 0.3 is 6.18 Å². The van der Waals surface area contributed by atoms with E-state index in [1.807, 2.05) is 0 Å². The molecule has 21 heavy (non-hydrogen) atoms. The van der Waals surface area contributed by atoms with E-state index in [9.17, 15) is 17.6 Å². The van der Waals surface area contributed by atoms with Crippen molar-refractivity contribution >= 4 is 11.4 Å². The van der Waals surface area contributed by atoms with Crippen LogP contribution < -0.4 is 10.6 Å². The first-order valence-electron chi connectivity index (χ1n) is 6.89. The molecule has 0 bridgehead atoms. The summed E-state index contributed by atoms with van der Waals surface area (Å²) in [6.07, 6.45) is -2.48. The molecule has 0 unspecified atom stereocenters. The normalized spacial score (nSPS) is 16.4. The van der Waals surface area contributed by atoms with Crippen molar-refractivity contribution in [2.45, 2.75) is 19.0 Å². The number of nitrogens with two attached hydrogens (primary N) is 1. The number of rotatable bonds is 4. The molecule has 0 saturated carbocycles. The maximum Gasteiger partial charge on any atom is 0.419 e. The van der Waals surface area contributed by atoms with Crippen molar-refractivity contribution in [2.75, 3.05) is 43.9 Å². The fourth-order valence-corrected chi connectivity index (χ4v) is 2.53. The highest BCUT2D eigenvalue weighted by Gasteiger charge is 2.36. The second-order valence-corrected chi connectivity index (χ2v) is 5.37. The van der Waals surface area contributed by atoms with Crippen LogP contribution in [0.1, 0.15) is 18.4 Å². The first-order chi connectivity index (χ1) is 9.79. The van der Waals surface area contributed by atoms with Crippen LogP contribution in [0, 0.1) is 5.82 Å². The zero-order valence-corrected chi connectivity index (χ0v) is 11.9. The van der Waals surface area contributed by atoms with Crippen LogP contribution in [0.15, 0.2) is 12.1 Å². The molecule has 0 amide bonds. The summed E-state index contributed by atoms with van der Waals surface area (Å²) in [5, 5.41) is 0. The molecule has 1 heterocycles. The molecular weight excluding hydrogens is 286 g/mol. The number of nitrogen functional groups attached to an aromatic ring is 1. The van der Waals surface area contributed by atoms with Crippen LogP contribution >= 0.6 is 0 Å². The Balaban J connectivity index is 2.16. The molecule has 0 aliphatic carbocycles. The van der Waals surface area contributed by atoms with Gasteiger partial charge in [-0.05, 0) is 38.1 Å². The number of anilines is 2. The Morgan fingerprint density at radius 2 is 1.86 bits per heavy atom. The van der Waals surface area contributed by atoms with Crippen LogP contribution in [0.25, 0.3) is 0 Å². The molecule has 3 nitrogen and oxygen atoms in total. The number of nitrogens with zero attached hydrogens (tertiary/aromatic N) is 2. The molecule has 1 aromatic rings. The highest BCUT2D eigenvalue weighted by atomic mass is 19.4. The molecule has 118 valence electrons. The second kappa shape index (κ2) is 6.09. The Morgan fingerprint density at radius 1 is 1.24 bits per heavy atom. The lowest BCUT2D eigenvalue weighted by atomic mass is 10.1. The third kappa shape index (κ3) is 3.78. The zero-order chi connectivity index (χ0) is 15.6. The number of likely N-dealkylation sites (tertiary alicyclic amines) is 1. The predicted octanol–water partition coefficient (Wildman–Crippen LogP) is 2.96. The Kier molecular flexibility index (Phi) is 4.61. The summed E-state index contributed by atoms with van der Waals surface area (Å²) in [5.74, 6) is -1.26. The maximum atomic E-state index is 14.1. The second-order valence-electron chi connectivity index (χ2n) is 5.37. The van der Waals surface area contributed by atoms with E-state index in [0.717, 1.165) is 25.9 Å². The minimum Gasteiger partial charge on any atom is -0.399 e. The van der Waals surface area contributed by atoms with Crippen LogP contribution in [0.2, 0.25) is 0 Å². The smallest absolute Gasteiger partial charge is 0.399 e. The van der Waals surface area contributed by atoms with Gasteiger partial charge in [-0.3, -0.25) is 0 Å². The average Bonchev–Trinajstić information content (AvgIpc) is 2.90. The maximum absolute atomic E-state index is 14.1. The molecular formula is C14H19F4N3. The molecule has 1 saturated heterocycles. The topological polar surface area (TPSA) is 32.5 Å². The third-order valence-corrected chi connectivity index (χ3v) is 3.74. The van der Waals surface area contributed by atoms with Crippen LogP contribution in [0.4, 0.5) is 28.9 Å². The number of hydrogen-bond donors (Lipinski definition) is 1. The van der Waals surface area contributed by atoms with E-state index in [1.165, 1.54) is 11.0 Å². The van der Waals surface area contributed by atoms with Crippen molar-refractivity contribution in [1.82, 2.24) is 4.90 Å². The van der Waals surface area contributed by atoms with Crippen molar-refractivity contribution in [1.29, 1.82) is 0 Å². The molecule has 0 aromatic heterocycles. The number of alkyl halides is 3. The summed E-state index contributed by atoms with van der Waals surface area (Å²) in [7, 11) is 1.58. The summed E-state index contributed by atoms with van der Waals surface area (Å²) >= 11 is 0. The lowest BCUT2D eigenvalue weighted by Gasteiger charge is -2.25. The first kappa shape index (κ1) is 15.9. The standard InChI is InChI=1S/C14H19F4N3/c1-20(6-7-21-4-2-3-5-21)12-9-10(19)8-11(13(12)15)14(16,17)18/h8-9H,2-7,19H2,1H3. The van der Waals surface area contributed by atoms with Gasteiger partial charge in [0.05, 0.1) is 11.3 Å². The number of halogens is 4. The molecule has 2 rings (SSSR count). The molecule has 7 heteroatoms. The number of likely N-dealkylation sites (N-methyl/N-ethyl adjacent to an activating group) is 1. The molecule has 0 atom stereocenters. The van der Waals surface area contributed by atoms with Crippen molar-refractivity contribution in [2.24, 2.45) is 0 Å². The minimum atomic E-state index is -4.75. The number of hydrogen-bond acceptors (Lipinski definition) is 3. The highest BCUT2D eigenvalue weighted by Crippen LogP contribution is 2.36. The summed E-state index contributed by atoms with van der Waals surface area (Å²) < 4.78 is 52.4. The molecule has 1 aliphatic rings. The van der Waals surface area contributed by atoms with Crippen molar-refractivity contribution in [3.63, 3.8) is 0 Å². The van der Waals surface area contributed by atoms with Gasteiger partial charge in [-0.15, -0.1) is 0 Å². The Labute approximate surface area is 121 Å². The largest absolute Gasteiger partial charge is 0.419 e. The van der Waals surface area contributed by atoms with Crippen LogP contribution in [-0.4, -0.2) is 38.1 Å². The summed E-state index contributed by atoms with van der Waals surface area (Å²) in [4.78, 5) is 3.70. The molecule has 1 aromatic carbocycles. The monoisotopic (exact) mass is 305 g/mol. The van der Waals surface area contributed by atoms with Gasteiger partial charge in [-0.1, -0.05) is 0 Å². The van der Waals surface area contributed by atoms with Gasteiger partial charge in [0, 0.05) is 25.8 Å². The van der Waals surface area contributed by atoms with E-state index < -0.39 is 17.6 Å². The predicted molar refractivity (Wildman–Crippen MR) is 74.8 cm³/mol. The SMILES string of the molecule is CN(CCN1CCCC1)c1cc(N)cc(C(F)(F)F)c1F. The van der Waals surface area contributed by atoms with Crippen molar-refractivity contribution < 1.29 is 17.6 Å². The van der Waals surface area contributed by atoms with Gasteiger partial charge in [0.25, 0.3) is 0 Å². The molecule has 0 spiro atoms. The average molecular weight is 305 g/mol. The molecule has 0 radical (unpaired) electrons. The lowest BCUT2D eigenvalue weighted by Crippen LogP contribution is -2.32. The van der Waals surface area contributed by atoms with E-state index in [0.29, 0.717) is 19.2 Å². The van der Waals surface area contributed by atoms with Crippen LogP contribution in [0.5, 0.6) is 0 Å². The third-order valence-electron chi connectivity index (χ3n) is 3.74. The van der Waals surface area contributed by atoms with E-state index in [1.54, 1.807) is 7.05 Å². The molecule has 2 N–H and O–H groups in total. The molecule has 1 aliphatic heterocycles. The van der Waals surface area contributed by atoms with Crippen LogP contribution in [0.3, 0.4) is 0 Å². The molecule has 1 fully saturated rings. The van der Waals surface area contributed by atoms with Gasteiger partial charge in [0.15, 0.2) is 5.82 Å². The van der Waals surface area contributed by atoms with Crippen molar-refractivity contribution in [3.8, 4) is 0 Å². The summed E-state index contributed by atoms with van der Waals surface area (Å²) in [6.45, 7) is 3.13. The van der Waals surface area contributed by atoms with Crippen molar-refractivity contribution in [3.05, 3.63) is 23.5 Å². The van der Waals surface area contributed by atoms with Gasteiger partial charge in [-0.2, -0.15) is 13.2 Å². The first-order valence-corrected chi connectivity index (χ1v) is 6.89. The fourth-order valence-electron chi connectivity index (χ4n) is 2.53. The van der Waals surface area contributed by atoms with Gasteiger partial charge in [-0.25, -0.2) is 4.39 Å². The lowest BCUT2D eigenvalue weighted by molar-refractivity contribution is -0.139. The van der Waals surface area contributed by atoms with Gasteiger partial charge < -0.3 is 15.5 Å². The fraction of sp³-hybridized carbons (Fsp3) is 0.571. The Bertz CT molecular complexity index is 496. The van der Waals surface area contributed by atoms with E-state index in [2.05, 4.69) is 4.90 Å². The Hall–Kier alpha value is -1.50. The van der Waals surface area contributed by atoms with E-state index in [4.69, 9.17) is 5.73 Å². The van der Waals surface area contributed by atoms with Crippen LogP contribution in [-0.2, 0) is 6.18 Å². The van der Waals surface area contributed by atoms with E-state index in [-0.39, 0.29) is 11.4 Å². The summed E-state index contributed by atoms with van der Waals surface area (Å²) in [6, 6.07) is 1.88.